The second-order valence-electron chi connectivity index (χ2n) is 6.70. The Hall–Kier alpha value is -3.84. The summed E-state index contributed by atoms with van der Waals surface area (Å²) in [4.78, 5) is 9.92. The lowest BCUT2D eigenvalue weighted by Gasteiger charge is -2.17. The number of H-pyrrole nitrogens is 1. The number of nitrogens with zero attached hydrogens (tertiary/aromatic N) is 4. The molecule has 0 saturated carbocycles. The maximum Gasteiger partial charge on any atom is 0.238 e. The lowest BCUT2D eigenvalue weighted by atomic mass is 10.2. The number of methoxy groups -OCH3 is 1. The number of sulfonamides is 1. The van der Waals surface area contributed by atoms with Gasteiger partial charge in [-0.15, -0.1) is 0 Å². The first kappa shape index (κ1) is 21.4. The van der Waals surface area contributed by atoms with Crippen LogP contribution in [-0.2, 0) is 10.0 Å². The molecule has 0 amide bonds. The summed E-state index contributed by atoms with van der Waals surface area (Å²) in [5, 5.41) is 15.0. The fourth-order valence-electron chi connectivity index (χ4n) is 3.03. The van der Waals surface area contributed by atoms with Crippen LogP contribution in [0.2, 0.25) is 0 Å². The average Bonchev–Trinajstić information content (AvgIpc) is 3.20. The van der Waals surface area contributed by atoms with Crippen molar-refractivity contribution in [2.24, 2.45) is 5.14 Å². The van der Waals surface area contributed by atoms with E-state index in [1.165, 1.54) is 31.5 Å². The van der Waals surface area contributed by atoms with Crippen molar-refractivity contribution in [2.45, 2.75) is 4.90 Å². The van der Waals surface area contributed by atoms with Gasteiger partial charge >= 0.3 is 0 Å². The smallest absolute Gasteiger partial charge is 0.238 e. The molecule has 4 rings (SSSR count). The zero-order valence-corrected chi connectivity index (χ0v) is 17.6. The van der Waals surface area contributed by atoms with Gasteiger partial charge in [-0.05, 0) is 24.3 Å². The van der Waals surface area contributed by atoms with E-state index < -0.39 is 21.7 Å². The van der Waals surface area contributed by atoms with E-state index in [0.717, 1.165) is 6.07 Å². The zero-order valence-electron chi connectivity index (χ0n) is 16.8. The maximum absolute atomic E-state index is 14.0. The van der Waals surface area contributed by atoms with E-state index in [4.69, 9.17) is 9.88 Å². The van der Waals surface area contributed by atoms with Gasteiger partial charge in [0.1, 0.15) is 17.1 Å². The molecule has 0 aliphatic heterocycles. The summed E-state index contributed by atoms with van der Waals surface area (Å²) in [6.07, 6.45) is 1.47. The highest BCUT2D eigenvalue weighted by Crippen LogP contribution is 2.31. The van der Waals surface area contributed by atoms with Gasteiger partial charge in [0.2, 0.25) is 16.0 Å². The van der Waals surface area contributed by atoms with Crippen LogP contribution in [0.15, 0.2) is 47.5 Å². The molecule has 166 valence electrons. The number of nitrogens with one attached hydrogen (secondary N) is 2. The number of aromatic nitrogens is 4. The SMILES string of the molecule is COc1cc(Nc2nccc(N(C)c3n[nH]c4c(F)c(F)ccc34)n2)cc(S(N)(=O)=O)c1. The molecule has 0 radical (unpaired) electrons. The fourth-order valence-corrected chi connectivity index (χ4v) is 3.60. The number of halogens is 2. The topological polar surface area (TPSA) is 139 Å². The largest absolute Gasteiger partial charge is 0.497 e. The molecule has 2 aromatic heterocycles. The standard InChI is InChI=1S/C19H17F2N7O3S/c1-28(18-13-3-4-14(20)16(21)17(13)26-27-18)15-5-6-23-19(25-15)24-10-7-11(31-2)9-12(8-10)32(22,29)30/h3-9H,1-2H3,(H,26,27)(H2,22,29,30)(H,23,24,25). The van der Waals surface area contributed by atoms with Crippen LogP contribution in [0.4, 0.5) is 32.1 Å². The highest BCUT2D eigenvalue weighted by Gasteiger charge is 2.18. The third-order valence-electron chi connectivity index (χ3n) is 4.61. The first-order valence-corrected chi connectivity index (χ1v) is 10.6. The van der Waals surface area contributed by atoms with Crippen molar-refractivity contribution in [3.63, 3.8) is 0 Å². The van der Waals surface area contributed by atoms with Gasteiger partial charge in [0.05, 0.1) is 12.0 Å². The van der Waals surface area contributed by atoms with Gasteiger partial charge in [0.25, 0.3) is 0 Å². The van der Waals surface area contributed by atoms with Gasteiger partial charge in [-0.3, -0.25) is 5.10 Å². The monoisotopic (exact) mass is 461 g/mol. The third kappa shape index (κ3) is 4.02. The Bertz CT molecular complexity index is 1430. The van der Waals surface area contributed by atoms with Gasteiger partial charge < -0.3 is 15.0 Å². The first-order valence-electron chi connectivity index (χ1n) is 9.05. The summed E-state index contributed by atoms with van der Waals surface area (Å²) in [6, 6.07) is 8.17. The Labute approximate surface area is 181 Å². The Balaban J connectivity index is 1.67. The first-order chi connectivity index (χ1) is 15.2. The molecule has 0 bridgehead atoms. The van der Waals surface area contributed by atoms with E-state index in [0.29, 0.717) is 22.7 Å². The van der Waals surface area contributed by atoms with E-state index in [1.807, 2.05) is 0 Å². The van der Waals surface area contributed by atoms with Crippen LogP contribution < -0.4 is 20.1 Å². The van der Waals surface area contributed by atoms with Crippen molar-refractivity contribution in [3.05, 3.63) is 54.2 Å². The zero-order chi connectivity index (χ0) is 23.0. The summed E-state index contributed by atoms with van der Waals surface area (Å²) >= 11 is 0. The Morgan fingerprint density at radius 2 is 1.97 bits per heavy atom. The summed E-state index contributed by atoms with van der Waals surface area (Å²) in [5.74, 6) is -0.898. The molecule has 4 N–H and O–H groups in total. The number of rotatable bonds is 6. The van der Waals surface area contributed by atoms with Crippen LogP contribution in [0, 0.1) is 11.6 Å². The van der Waals surface area contributed by atoms with Gasteiger partial charge in [-0.25, -0.2) is 27.3 Å². The molecule has 4 aromatic rings. The van der Waals surface area contributed by atoms with Gasteiger partial charge in [0, 0.05) is 36.5 Å². The van der Waals surface area contributed by atoms with Gasteiger partial charge in [-0.2, -0.15) is 10.1 Å². The molecule has 0 atom stereocenters. The minimum atomic E-state index is -3.97. The molecule has 2 heterocycles. The number of benzene rings is 2. The average molecular weight is 461 g/mol. The second kappa shape index (κ2) is 8.01. The van der Waals surface area contributed by atoms with Crippen molar-refractivity contribution in [2.75, 3.05) is 24.4 Å². The number of anilines is 4. The highest BCUT2D eigenvalue weighted by atomic mass is 32.2. The fraction of sp³-hybridized carbons (Fsp3) is 0.105. The number of aromatic amines is 1. The number of hydrogen-bond donors (Lipinski definition) is 3. The molecule has 0 saturated heterocycles. The quantitative estimate of drug-likeness (QED) is 0.398. The van der Waals surface area contributed by atoms with Crippen molar-refractivity contribution < 1.29 is 21.9 Å². The molecular formula is C19H17F2N7O3S. The van der Waals surface area contributed by atoms with Gasteiger partial charge in [0.15, 0.2) is 17.5 Å². The number of fused-ring (bicyclic) bond motifs is 1. The lowest BCUT2D eigenvalue weighted by Crippen LogP contribution is -2.14. The Morgan fingerprint density at radius 1 is 1.19 bits per heavy atom. The van der Waals surface area contributed by atoms with Crippen molar-refractivity contribution in [3.8, 4) is 5.75 Å². The molecule has 0 unspecified atom stereocenters. The molecule has 0 fully saturated rings. The van der Waals surface area contributed by atoms with Crippen LogP contribution in [0.5, 0.6) is 5.75 Å². The third-order valence-corrected chi connectivity index (χ3v) is 5.50. The summed E-state index contributed by atoms with van der Waals surface area (Å²) < 4.78 is 56.1. The summed E-state index contributed by atoms with van der Waals surface area (Å²) in [5.41, 5.74) is 0.266. The number of nitrogens with two attached hydrogens (primary N) is 1. The number of primary sulfonamides is 1. The summed E-state index contributed by atoms with van der Waals surface area (Å²) in [7, 11) is -0.931. The molecule has 10 nitrogen and oxygen atoms in total. The van der Waals surface area contributed by atoms with Crippen LogP contribution in [0.3, 0.4) is 0 Å². The molecule has 32 heavy (non-hydrogen) atoms. The summed E-state index contributed by atoms with van der Waals surface area (Å²) in [6.45, 7) is 0. The van der Waals surface area contributed by atoms with E-state index in [2.05, 4.69) is 25.5 Å². The van der Waals surface area contributed by atoms with Crippen LogP contribution >= 0.6 is 0 Å². The molecule has 2 aromatic carbocycles. The molecule has 13 heteroatoms. The second-order valence-corrected chi connectivity index (χ2v) is 8.26. The maximum atomic E-state index is 14.0. The molecular weight excluding hydrogens is 444 g/mol. The van der Waals surface area contributed by atoms with E-state index >= 15 is 0 Å². The van der Waals surface area contributed by atoms with E-state index in [9.17, 15) is 17.2 Å². The van der Waals surface area contributed by atoms with Crippen molar-refractivity contribution >= 4 is 44.2 Å². The van der Waals surface area contributed by atoms with Crippen LogP contribution in [-0.4, -0.2) is 42.7 Å². The Kier molecular flexibility index (Phi) is 5.36. The number of hydrogen-bond acceptors (Lipinski definition) is 8. The van der Waals surface area contributed by atoms with E-state index in [1.54, 1.807) is 24.1 Å². The highest BCUT2D eigenvalue weighted by molar-refractivity contribution is 7.89. The van der Waals surface area contributed by atoms with Crippen molar-refractivity contribution in [1.29, 1.82) is 0 Å². The number of ether oxygens (including phenoxy) is 1. The molecule has 0 aliphatic rings. The lowest BCUT2D eigenvalue weighted by molar-refractivity contribution is 0.413. The van der Waals surface area contributed by atoms with Crippen LogP contribution in [0.25, 0.3) is 10.9 Å². The minimum Gasteiger partial charge on any atom is -0.497 e. The predicted molar refractivity (Wildman–Crippen MR) is 114 cm³/mol. The predicted octanol–water partition coefficient (Wildman–Crippen LogP) is 2.80. The van der Waals surface area contributed by atoms with Gasteiger partial charge in [-0.1, -0.05) is 0 Å². The van der Waals surface area contributed by atoms with Crippen LogP contribution in [0.1, 0.15) is 0 Å². The van der Waals surface area contributed by atoms with E-state index in [-0.39, 0.29) is 22.1 Å². The molecule has 0 aliphatic carbocycles. The van der Waals surface area contributed by atoms with Crippen molar-refractivity contribution in [1.82, 2.24) is 20.2 Å². The Morgan fingerprint density at radius 3 is 2.69 bits per heavy atom. The molecule has 0 spiro atoms. The normalized spacial score (nSPS) is 11.5. The minimum absolute atomic E-state index is 0.0637.